The standard InChI is InChI=1S/C6H9N5O2/c12-6-8-5(3-13-6)1-2-11-4-7-9-10-11/h4-5H,1-3H2,(H,8,12). The smallest absolute Gasteiger partial charge is 0.407 e. The first-order valence-electron chi connectivity index (χ1n) is 3.98. The van der Waals surface area contributed by atoms with E-state index in [0.29, 0.717) is 13.2 Å². The first-order valence-corrected chi connectivity index (χ1v) is 3.98. The Morgan fingerprint density at radius 1 is 1.77 bits per heavy atom. The first kappa shape index (κ1) is 7.96. The number of tetrazole rings is 1. The predicted molar refractivity (Wildman–Crippen MR) is 40.7 cm³/mol. The highest BCUT2D eigenvalue weighted by Gasteiger charge is 2.21. The monoisotopic (exact) mass is 183 g/mol. The molecule has 1 amide bonds. The van der Waals surface area contributed by atoms with Crippen molar-refractivity contribution in [1.29, 1.82) is 0 Å². The molecule has 7 heteroatoms. The molecule has 1 aromatic rings. The highest BCUT2D eigenvalue weighted by molar-refractivity contribution is 5.69. The average molecular weight is 183 g/mol. The van der Waals surface area contributed by atoms with Crippen LogP contribution >= 0.6 is 0 Å². The molecule has 1 atom stereocenters. The van der Waals surface area contributed by atoms with Crippen LogP contribution in [0.15, 0.2) is 6.33 Å². The van der Waals surface area contributed by atoms with Crippen molar-refractivity contribution in [2.24, 2.45) is 0 Å². The molecule has 0 aromatic carbocycles. The molecular formula is C6H9N5O2. The Morgan fingerprint density at radius 3 is 3.31 bits per heavy atom. The number of aromatic nitrogens is 4. The molecule has 7 nitrogen and oxygen atoms in total. The lowest BCUT2D eigenvalue weighted by atomic mass is 10.2. The Balaban J connectivity index is 1.77. The zero-order valence-electron chi connectivity index (χ0n) is 6.88. The molecule has 2 heterocycles. The van der Waals surface area contributed by atoms with Gasteiger partial charge < -0.3 is 10.1 Å². The average Bonchev–Trinajstić information content (AvgIpc) is 2.71. The number of rotatable bonds is 3. The van der Waals surface area contributed by atoms with Crippen LogP contribution in [0, 0.1) is 0 Å². The van der Waals surface area contributed by atoms with Crippen molar-refractivity contribution >= 4 is 6.09 Å². The van der Waals surface area contributed by atoms with Crippen molar-refractivity contribution in [2.45, 2.75) is 19.0 Å². The van der Waals surface area contributed by atoms with Crippen LogP contribution in [0.1, 0.15) is 6.42 Å². The number of nitrogens with zero attached hydrogens (tertiary/aromatic N) is 4. The summed E-state index contributed by atoms with van der Waals surface area (Å²) in [6, 6.07) is 0.0803. The molecule has 0 spiro atoms. The van der Waals surface area contributed by atoms with Crippen LogP contribution in [0.2, 0.25) is 0 Å². The van der Waals surface area contributed by atoms with Gasteiger partial charge in [0.1, 0.15) is 12.9 Å². The summed E-state index contributed by atoms with van der Waals surface area (Å²) in [6.07, 6.45) is 1.97. The maximum atomic E-state index is 10.6. The molecule has 1 aliphatic rings. The van der Waals surface area contributed by atoms with Gasteiger partial charge in [-0.1, -0.05) is 0 Å². The second-order valence-electron chi connectivity index (χ2n) is 2.80. The minimum Gasteiger partial charge on any atom is -0.447 e. The van der Waals surface area contributed by atoms with Crippen LogP contribution in [-0.4, -0.2) is 38.9 Å². The highest BCUT2D eigenvalue weighted by Crippen LogP contribution is 2.02. The van der Waals surface area contributed by atoms with Gasteiger partial charge in [0.15, 0.2) is 0 Å². The molecule has 2 rings (SSSR count). The van der Waals surface area contributed by atoms with E-state index in [9.17, 15) is 4.79 Å². The number of cyclic esters (lactones) is 1. The summed E-state index contributed by atoms with van der Waals surface area (Å²) in [6.45, 7) is 1.11. The van der Waals surface area contributed by atoms with Gasteiger partial charge in [-0.15, -0.1) is 5.10 Å². The van der Waals surface area contributed by atoms with Gasteiger partial charge in [0.2, 0.25) is 0 Å². The Morgan fingerprint density at radius 2 is 2.69 bits per heavy atom. The Bertz CT molecular complexity index is 285. The molecule has 0 saturated carbocycles. The van der Waals surface area contributed by atoms with Crippen LogP contribution < -0.4 is 5.32 Å². The number of hydrogen-bond donors (Lipinski definition) is 1. The van der Waals surface area contributed by atoms with Crippen molar-refractivity contribution in [1.82, 2.24) is 25.5 Å². The third kappa shape index (κ3) is 1.92. The van der Waals surface area contributed by atoms with Crippen LogP contribution in [-0.2, 0) is 11.3 Å². The first-order chi connectivity index (χ1) is 6.34. The van der Waals surface area contributed by atoms with E-state index in [2.05, 4.69) is 20.8 Å². The van der Waals surface area contributed by atoms with Crippen molar-refractivity contribution in [3.63, 3.8) is 0 Å². The third-order valence-corrected chi connectivity index (χ3v) is 1.84. The maximum Gasteiger partial charge on any atom is 0.407 e. The van der Waals surface area contributed by atoms with E-state index >= 15 is 0 Å². The maximum absolute atomic E-state index is 10.6. The molecule has 1 saturated heterocycles. The lowest BCUT2D eigenvalue weighted by Crippen LogP contribution is -2.27. The molecule has 0 aliphatic carbocycles. The van der Waals surface area contributed by atoms with Gasteiger partial charge in [0, 0.05) is 6.54 Å². The minimum atomic E-state index is -0.346. The van der Waals surface area contributed by atoms with Gasteiger partial charge in [-0.05, 0) is 16.8 Å². The number of nitrogens with one attached hydrogen (secondary N) is 1. The summed E-state index contributed by atoms with van der Waals surface area (Å²) in [4.78, 5) is 10.6. The molecule has 1 aromatic heterocycles. The van der Waals surface area contributed by atoms with Crippen molar-refractivity contribution < 1.29 is 9.53 Å². The molecule has 70 valence electrons. The van der Waals surface area contributed by atoms with E-state index < -0.39 is 0 Å². The fourth-order valence-electron chi connectivity index (χ4n) is 1.15. The fourth-order valence-corrected chi connectivity index (χ4v) is 1.15. The molecule has 1 aliphatic heterocycles. The van der Waals surface area contributed by atoms with Crippen LogP contribution in [0.3, 0.4) is 0 Å². The number of ether oxygens (including phenoxy) is 1. The summed E-state index contributed by atoms with van der Waals surface area (Å²) in [5.41, 5.74) is 0. The number of carbonyl (C=O) groups excluding carboxylic acids is 1. The summed E-state index contributed by atoms with van der Waals surface area (Å²) >= 11 is 0. The van der Waals surface area contributed by atoms with Gasteiger partial charge in [0.05, 0.1) is 6.04 Å². The van der Waals surface area contributed by atoms with Gasteiger partial charge in [-0.2, -0.15) is 0 Å². The van der Waals surface area contributed by atoms with E-state index in [1.54, 1.807) is 4.68 Å². The molecular weight excluding hydrogens is 174 g/mol. The summed E-state index contributed by atoms with van der Waals surface area (Å²) in [5, 5.41) is 13.4. The van der Waals surface area contributed by atoms with E-state index in [1.807, 2.05) is 0 Å². The lowest BCUT2D eigenvalue weighted by molar-refractivity contribution is 0.176. The van der Waals surface area contributed by atoms with Crippen LogP contribution in [0.4, 0.5) is 4.79 Å². The molecule has 1 unspecified atom stereocenters. The van der Waals surface area contributed by atoms with Gasteiger partial charge in [-0.3, -0.25) is 0 Å². The van der Waals surface area contributed by atoms with Gasteiger partial charge in [0.25, 0.3) is 0 Å². The second-order valence-corrected chi connectivity index (χ2v) is 2.80. The number of amides is 1. The zero-order valence-corrected chi connectivity index (χ0v) is 6.88. The predicted octanol–water partition coefficient (Wildman–Crippen LogP) is -0.828. The Hall–Kier alpha value is -1.66. The van der Waals surface area contributed by atoms with Crippen molar-refractivity contribution in [2.75, 3.05) is 6.61 Å². The molecule has 0 bridgehead atoms. The number of aryl methyl sites for hydroxylation is 1. The van der Waals surface area contributed by atoms with E-state index in [0.717, 1.165) is 6.42 Å². The molecule has 13 heavy (non-hydrogen) atoms. The number of carbonyl (C=O) groups is 1. The topological polar surface area (TPSA) is 81.9 Å². The largest absolute Gasteiger partial charge is 0.447 e. The van der Waals surface area contributed by atoms with E-state index in [1.165, 1.54) is 6.33 Å². The van der Waals surface area contributed by atoms with E-state index in [-0.39, 0.29) is 12.1 Å². The summed E-state index contributed by atoms with van der Waals surface area (Å²) in [5.74, 6) is 0. The fraction of sp³-hybridized carbons (Fsp3) is 0.667. The zero-order chi connectivity index (χ0) is 9.10. The second kappa shape index (κ2) is 3.38. The quantitative estimate of drug-likeness (QED) is 0.661. The highest BCUT2D eigenvalue weighted by atomic mass is 16.6. The SMILES string of the molecule is O=C1NC(CCn2cnnn2)CO1. The van der Waals surface area contributed by atoms with Gasteiger partial charge >= 0.3 is 6.09 Å². The summed E-state index contributed by atoms with van der Waals surface area (Å²) in [7, 11) is 0. The van der Waals surface area contributed by atoms with E-state index in [4.69, 9.17) is 4.74 Å². The number of hydrogen-bond acceptors (Lipinski definition) is 5. The molecule has 1 fully saturated rings. The Labute approximate surface area is 74.1 Å². The normalized spacial score (nSPS) is 21.2. The third-order valence-electron chi connectivity index (χ3n) is 1.84. The number of alkyl carbamates (subject to hydrolysis) is 1. The van der Waals surface area contributed by atoms with Crippen LogP contribution in [0.25, 0.3) is 0 Å². The van der Waals surface area contributed by atoms with Crippen molar-refractivity contribution in [3.05, 3.63) is 6.33 Å². The molecule has 1 N–H and O–H groups in total. The minimum absolute atomic E-state index is 0.0803. The van der Waals surface area contributed by atoms with Gasteiger partial charge in [-0.25, -0.2) is 9.48 Å². The summed E-state index contributed by atoms with van der Waals surface area (Å²) < 4.78 is 6.34. The lowest BCUT2D eigenvalue weighted by Gasteiger charge is -2.04. The molecule has 0 radical (unpaired) electrons. The van der Waals surface area contributed by atoms with Crippen molar-refractivity contribution in [3.8, 4) is 0 Å². The Kier molecular flexibility index (Phi) is 2.07. The van der Waals surface area contributed by atoms with Crippen LogP contribution in [0.5, 0.6) is 0 Å².